The summed E-state index contributed by atoms with van der Waals surface area (Å²) in [5.41, 5.74) is 2.67. The molecule has 3 rings (SSSR count). The number of allylic oxidation sites excluding steroid dienone is 4. The molecule has 2 aliphatic rings. The van der Waals surface area contributed by atoms with Crippen molar-refractivity contribution < 1.29 is 4.79 Å². The lowest BCUT2D eigenvalue weighted by atomic mass is 9.66. The van der Waals surface area contributed by atoms with Crippen LogP contribution in [0.2, 0.25) is 10.0 Å². The number of rotatable bonds is 1. The first-order chi connectivity index (χ1) is 11.2. The zero-order valence-corrected chi connectivity index (χ0v) is 15.3. The summed E-state index contributed by atoms with van der Waals surface area (Å²) in [5.74, 6) is -0.712. The molecule has 2 unspecified atom stereocenters. The number of hydrogen-bond donors (Lipinski definition) is 1. The fourth-order valence-electron chi connectivity index (χ4n) is 3.71. The highest BCUT2D eigenvalue weighted by molar-refractivity contribution is 6.42. The Kier molecular flexibility index (Phi) is 4.23. The Morgan fingerprint density at radius 3 is 2.67 bits per heavy atom. The number of nitrogens with one attached hydrogen (secondary N) is 1. The Labute approximate surface area is 151 Å². The van der Waals surface area contributed by atoms with Gasteiger partial charge in [0.05, 0.1) is 27.6 Å². The van der Waals surface area contributed by atoms with Crippen LogP contribution in [0.5, 0.6) is 0 Å². The zero-order chi connectivity index (χ0) is 17.6. The maximum Gasteiger partial charge on any atom is 0.143 e. The maximum absolute atomic E-state index is 12.9. The second-order valence-electron chi connectivity index (χ2n) is 7.11. The number of carbonyl (C=O) groups excluding carboxylic acids is 1. The number of carbonyl (C=O) groups is 1. The van der Waals surface area contributed by atoms with Gasteiger partial charge < -0.3 is 5.32 Å². The van der Waals surface area contributed by atoms with Crippen molar-refractivity contribution in [3.8, 4) is 6.07 Å². The molecule has 1 N–H and O–H groups in total. The molecule has 1 aromatic rings. The van der Waals surface area contributed by atoms with Gasteiger partial charge in [-0.25, -0.2) is 0 Å². The van der Waals surface area contributed by atoms with Gasteiger partial charge in [-0.2, -0.15) is 5.26 Å². The third kappa shape index (κ3) is 2.75. The van der Waals surface area contributed by atoms with Gasteiger partial charge in [0.15, 0.2) is 0 Å². The molecule has 1 aliphatic heterocycles. The summed E-state index contributed by atoms with van der Waals surface area (Å²) in [6.45, 7) is 5.93. The molecule has 124 valence electrons. The standard InChI is InChI=1S/C19H18Cl2N2O/c1-10-12(9-22)16(11-5-4-6-13(20)18(11)21)17-14(23-10)7-19(2,3)8-15(17)24/h4-7,16-17,23H,8H2,1-3H3. The first-order valence-corrected chi connectivity index (χ1v) is 8.58. The molecule has 0 fully saturated rings. The van der Waals surface area contributed by atoms with Crippen LogP contribution in [-0.2, 0) is 4.79 Å². The first-order valence-electron chi connectivity index (χ1n) is 7.82. The second-order valence-corrected chi connectivity index (χ2v) is 7.89. The predicted molar refractivity (Wildman–Crippen MR) is 95.6 cm³/mol. The molecule has 5 heteroatoms. The van der Waals surface area contributed by atoms with E-state index in [4.69, 9.17) is 23.2 Å². The van der Waals surface area contributed by atoms with E-state index in [9.17, 15) is 10.1 Å². The molecular weight excluding hydrogens is 343 g/mol. The molecule has 0 amide bonds. The highest BCUT2D eigenvalue weighted by Crippen LogP contribution is 2.48. The van der Waals surface area contributed by atoms with Crippen molar-refractivity contribution in [2.75, 3.05) is 0 Å². The summed E-state index contributed by atoms with van der Waals surface area (Å²) in [6.07, 6.45) is 2.54. The van der Waals surface area contributed by atoms with Crippen LogP contribution in [0.3, 0.4) is 0 Å². The lowest BCUT2D eigenvalue weighted by Gasteiger charge is -2.40. The molecule has 24 heavy (non-hydrogen) atoms. The van der Waals surface area contributed by atoms with Crippen LogP contribution in [0.1, 0.15) is 38.7 Å². The third-order valence-electron chi connectivity index (χ3n) is 4.68. The van der Waals surface area contributed by atoms with Gasteiger partial charge in [-0.1, -0.05) is 55.3 Å². The summed E-state index contributed by atoms with van der Waals surface area (Å²) in [5, 5.41) is 13.8. The molecule has 3 nitrogen and oxygen atoms in total. The van der Waals surface area contributed by atoms with Crippen molar-refractivity contribution in [2.24, 2.45) is 11.3 Å². The molecule has 2 atom stereocenters. The van der Waals surface area contributed by atoms with Gasteiger partial charge in [0.25, 0.3) is 0 Å². The Hall–Kier alpha value is -1.76. The molecular formula is C19H18Cl2N2O. The lowest BCUT2D eigenvalue weighted by Crippen LogP contribution is -2.42. The number of fused-ring (bicyclic) bond motifs is 1. The summed E-state index contributed by atoms with van der Waals surface area (Å²) in [4.78, 5) is 12.9. The number of nitriles is 1. The number of nitrogens with zero attached hydrogens (tertiary/aromatic N) is 1. The Balaban J connectivity index is 2.25. The van der Waals surface area contributed by atoms with Gasteiger partial charge in [0.1, 0.15) is 5.78 Å². The van der Waals surface area contributed by atoms with Crippen LogP contribution in [-0.4, -0.2) is 5.78 Å². The van der Waals surface area contributed by atoms with E-state index in [1.807, 2.05) is 26.8 Å². The minimum absolute atomic E-state index is 0.117. The number of halogens is 2. The molecule has 0 aromatic heterocycles. The Morgan fingerprint density at radius 1 is 1.29 bits per heavy atom. The summed E-state index contributed by atoms with van der Waals surface area (Å²) in [6, 6.07) is 7.62. The largest absolute Gasteiger partial charge is 0.361 e. The number of Topliss-reactive ketones (excluding diaryl/α,β-unsaturated/α-hetero) is 1. The van der Waals surface area contributed by atoms with Gasteiger partial charge in [-0.3, -0.25) is 4.79 Å². The van der Waals surface area contributed by atoms with E-state index < -0.39 is 11.8 Å². The van der Waals surface area contributed by atoms with Crippen LogP contribution >= 0.6 is 23.2 Å². The van der Waals surface area contributed by atoms with Crippen LogP contribution in [0.4, 0.5) is 0 Å². The molecule has 0 bridgehead atoms. The van der Waals surface area contributed by atoms with Crippen molar-refractivity contribution >= 4 is 29.0 Å². The van der Waals surface area contributed by atoms with Crippen molar-refractivity contribution in [3.63, 3.8) is 0 Å². The van der Waals surface area contributed by atoms with Crippen LogP contribution in [0, 0.1) is 22.7 Å². The van der Waals surface area contributed by atoms with Gasteiger partial charge in [-0.15, -0.1) is 0 Å². The van der Waals surface area contributed by atoms with Crippen molar-refractivity contribution in [3.05, 3.63) is 56.9 Å². The highest BCUT2D eigenvalue weighted by atomic mass is 35.5. The van der Waals surface area contributed by atoms with Crippen molar-refractivity contribution in [1.82, 2.24) is 5.32 Å². The molecule has 0 saturated carbocycles. The average molecular weight is 361 g/mol. The molecule has 0 spiro atoms. The monoisotopic (exact) mass is 360 g/mol. The van der Waals surface area contributed by atoms with Crippen LogP contribution in [0.25, 0.3) is 0 Å². The molecule has 1 aliphatic carbocycles. The fraction of sp³-hybridized carbons (Fsp3) is 0.368. The average Bonchev–Trinajstić information content (AvgIpc) is 2.47. The van der Waals surface area contributed by atoms with E-state index in [-0.39, 0.29) is 11.2 Å². The molecule has 1 aromatic carbocycles. The minimum atomic E-state index is -0.424. The smallest absolute Gasteiger partial charge is 0.143 e. The summed E-state index contributed by atoms with van der Waals surface area (Å²) < 4.78 is 0. The summed E-state index contributed by atoms with van der Waals surface area (Å²) in [7, 11) is 0. The van der Waals surface area contributed by atoms with Gasteiger partial charge in [-0.05, 0) is 24.0 Å². The quantitative estimate of drug-likeness (QED) is 0.768. The van der Waals surface area contributed by atoms with E-state index in [2.05, 4.69) is 17.5 Å². The van der Waals surface area contributed by atoms with Crippen LogP contribution < -0.4 is 5.32 Å². The summed E-state index contributed by atoms with van der Waals surface area (Å²) >= 11 is 12.6. The fourth-order valence-corrected chi connectivity index (χ4v) is 4.13. The van der Waals surface area contributed by atoms with E-state index in [1.54, 1.807) is 12.1 Å². The SMILES string of the molecule is CC1=C(C#N)C(c2cccc(Cl)c2Cl)C2C(=O)CC(C)(C)C=C2N1. The maximum atomic E-state index is 12.9. The van der Waals surface area contributed by atoms with Crippen molar-refractivity contribution in [1.29, 1.82) is 5.26 Å². The number of ketones is 1. The number of hydrogen-bond acceptors (Lipinski definition) is 3. The molecule has 1 heterocycles. The van der Waals surface area contributed by atoms with E-state index in [0.29, 0.717) is 22.0 Å². The normalized spacial score (nSPS) is 25.5. The minimum Gasteiger partial charge on any atom is -0.361 e. The Bertz CT molecular complexity index is 830. The lowest BCUT2D eigenvalue weighted by molar-refractivity contribution is -0.124. The van der Waals surface area contributed by atoms with Crippen LogP contribution in [0.15, 0.2) is 41.2 Å². The van der Waals surface area contributed by atoms with Gasteiger partial charge in [0, 0.05) is 23.7 Å². The van der Waals surface area contributed by atoms with Gasteiger partial charge in [0.2, 0.25) is 0 Å². The number of benzene rings is 1. The van der Waals surface area contributed by atoms with E-state index in [1.165, 1.54) is 0 Å². The van der Waals surface area contributed by atoms with Gasteiger partial charge >= 0.3 is 0 Å². The second kappa shape index (κ2) is 5.95. The first kappa shape index (κ1) is 17.1. The molecule has 0 radical (unpaired) electrons. The third-order valence-corrected chi connectivity index (χ3v) is 5.51. The van der Waals surface area contributed by atoms with E-state index >= 15 is 0 Å². The van der Waals surface area contributed by atoms with Crippen molar-refractivity contribution in [2.45, 2.75) is 33.1 Å². The Morgan fingerprint density at radius 2 is 2.00 bits per heavy atom. The van der Waals surface area contributed by atoms with E-state index in [0.717, 1.165) is 17.0 Å². The predicted octanol–water partition coefficient (Wildman–Crippen LogP) is 4.98. The molecule has 0 saturated heterocycles. The highest BCUT2D eigenvalue weighted by Gasteiger charge is 2.44. The zero-order valence-electron chi connectivity index (χ0n) is 13.8. The topological polar surface area (TPSA) is 52.9 Å².